The number of hydrogen-bond acceptors (Lipinski definition) is 6. The van der Waals surface area contributed by atoms with Crippen LogP contribution in [0.5, 0.6) is 0 Å². The van der Waals surface area contributed by atoms with Gasteiger partial charge < -0.3 is 18.9 Å². The third-order valence-corrected chi connectivity index (χ3v) is 5.09. The molecular weight excluding hydrogens is 310 g/mol. The van der Waals surface area contributed by atoms with Gasteiger partial charge in [-0.05, 0) is 32.1 Å². The third-order valence-electron chi connectivity index (χ3n) is 5.09. The van der Waals surface area contributed by atoms with Crippen molar-refractivity contribution in [1.29, 1.82) is 0 Å². The van der Waals surface area contributed by atoms with Crippen molar-refractivity contribution in [2.75, 3.05) is 33.4 Å². The van der Waals surface area contributed by atoms with E-state index in [9.17, 15) is 4.79 Å². The molecule has 1 aromatic heterocycles. The molecule has 0 aromatic carbocycles. The van der Waals surface area contributed by atoms with Crippen LogP contribution in [0.1, 0.15) is 50.7 Å². The van der Waals surface area contributed by atoms with Crippen LogP contribution >= 0.6 is 0 Å². The largest absolute Gasteiger partial charge is 0.375 e. The Balaban J connectivity index is 1.68. The van der Waals surface area contributed by atoms with Gasteiger partial charge in [-0.3, -0.25) is 4.79 Å². The Hall–Kier alpha value is -1.47. The molecule has 0 bridgehead atoms. The van der Waals surface area contributed by atoms with Gasteiger partial charge in [0.25, 0.3) is 5.89 Å². The molecule has 0 atom stereocenters. The summed E-state index contributed by atoms with van der Waals surface area (Å²) in [4.78, 5) is 18.6. The van der Waals surface area contributed by atoms with Crippen LogP contribution < -0.4 is 0 Å². The standard InChI is InChI=1S/C17H27N3O4/c1-3-23-12-15(21)20-8-6-17(7-9-20,10-13-4-5-13)16-18-14(11-22-2)24-19-16/h13H,3-12H2,1-2H3. The number of carbonyl (C=O) groups is 1. The molecule has 0 radical (unpaired) electrons. The van der Waals surface area contributed by atoms with Crippen molar-refractivity contribution in [3.8, 4) is 0 Å². The summed E-state index contributed by atoms with van der Waals surface area (Å²) in [6.07, 6.45) is 5.43. The lowest BCUT2D eigenvalue weighted by Crippen LogP contribution is -2.47. The fourth-order valence-electron chi connectivity index (χ4n) is 3.51. The topological polar surface area (TPSA) is 77.7 Å². The van der Waals surface area contributed by atoms with Crippen LogP contribution in [0.2, 0.25) is 0 Å². The van der Waals surface area contributed by atoms with Crippen molar-refractivity contribution in [3.63, 3.8) is 0 Å². The predicted molar refractivity (Wildman–Crippen MR) is 86.3 cm³/mol. The Morgan fingerprint density at radius 2 is 2.12 bits per heavy atom. The van der Waals surface area contributed by atoms with E-state index in [0.29, 0.717) is 19.1 Å². The number of amides is 1. The van der Waals surface area contributed by atoms with E-state index >= 15 is 0 Å². The Bertz CT molecular complexity index is 548. The molecule has 2 fully saturated rings. The zero-order valence-corrected chi connectivity index (χ0v) is 14.6. The lowest BCUT2D eigenvalue weighted by atomic mass is 9.73. The molecule has 2 heterocycles. The molecule has 2 aliphatic rings. The number of hydrogen-bond donors (Lipinski definition) is 0. The number of ether oxygens (including phenoxy) is 2. The Kier molecular flexibility index (Phi) is 5.50. The molecule has 7 heteroatoms. The highest BCUT2D eigenvalue weighted by Crippen LogP contribution is 2.46. The van der Waals surface area contributed by atoms with E-state index in [-0.39, 0.29) is 17.9 Å². The van der Waals surface area contributed by atoms with E-state index in [4.69, 9.17) is 14.0 Å². The lowest BCUT2D eigenvalue weighted by Gasteiger charge is -2.40. The number of likely N-dealkylation sites (tertiary alicyclic amines) is 1. The van der Waals surface area contributed by atoms with Gasteiger partial charge in [0.05, 0.1) is 0 Å². The minimum absolute atomic E-state index is 0.0704. The fraction of sp³-hybridized carbons (Fsp3) is 0.824. The van der Waals surface area contributed by atoms with Crippen LogP contribution in [0.15, 0.2) is 4.52 Å². The number of nitrogens with zero attached hydrogens (tertiary/aromatic N) is 3. The quantitative estimate of drug-likeness (QED) is 0.721. The van der Waals surface area contributed by atoms with Crippen LogP contribution in [0.25, 0.3) is 0 Å². The monoisotopic (exact) mass is 337 g/mol. The second-order valence-electron chi connectivity index (χ2n) is 6.89. The van der Waals surface area contributed by atoms with Gasteiger partial charge in [0, 0.05) is 32.2 Å². The molecule has 7 nitrogen and oxygen atoms in total. The van der Waals surface area contributed by atoms with E-state index in [1.54, 1.807) is 7.11 Å². The Labute approximate surface area is 142 Å². The van der Waals surface area contributed by atoms with Gasteiger partial charge in [0.2, 0.25) is 5.91 Å². The SMILES string of the molecule is CCOCC(=O)N1CCC(CC2CC2)(c2noc(COC)n2)CC1. The van der Waals surface area contributed by atoms with Gasteiger partial charge in [-0.15, -0.1) is 0 Å². The zero-order valence-electron chi connectivity index (χ0n) is 14.6. The normalized spacial score (nSPS) is 20.3. The summed E-state index contributed by atoms with van der Waals surface area (Å²) < 4.78 is 15.6. The molecule has 1 aromatic rings. The maximum atomic E-state index is 12.2. The highest BCUT2D eigenvalue weighted by Gasteiger charge is 2.44. The van der Waals surface area contributed by atoms with Gasteiger partial charge in [0.1, 0.15) is 13.2 Å². The highest BCUT2D eigenvalue weighted by atomic mass is 16.5. The number of aromatic nitrogens is 2. The van der Waals surface area contributed by atoms with Crippen molar-refractivity contribution in [1.82, 2.24) is 15.0 Å². The summed E-state index contributed by atoms with van der Waals surface area (Å²) in [5, 5.41) is 4.24. The first kappa shape index (κ1) is 17.4. The minimum atomic E-state index is -0.0704. The van der Waals surface area contributed by atoms with E-state index in [0.717, 1.165) is 44.1 Å². The van der Waals surface area contributed by atoms with Gasteiger partial charge in [-0.25, -0.2) is 0 Å². The number of carbonyl (C=O) groups excluding carboxylic acids is 1. The molecule has 1 saturated heterocycles. The third kappa shape index (κ3) is 3.95. The average Bonchev–Trinajstić information content (AvgIpc) is 3.27. The molecule has 1 amide bonds. The van der Waals surface area contributed by atoms with Gasteiger partial charge in [-0.1, -0.05) is 18.0 Å². The molecule has 0 spiro atoms. The zero-order chi connectivity index (χ0) is 17.0. The molecule has 3 rings (SSSR count). The van der Waals surface area contributed by atoms with Crippen LogP contribution in [-0.4, -0.2) is 54.4 Å². The van der Waals surface area contributed by atoms with Crippen molar-refractivity contribution in [2.45, 2.75) is 51.0 Å². The van der Waals surface area contributed by atoms with Crippen LogP contribution in [0.3, 0.4) is 0 Å². The van der Waals surface area contributed by atoms with Crippen LogP contribution in [-0.2, 0) is 26.3 Å². The Morgan fingerprint density at radius 1 is 1.38 bits per heavy atom. The van der Waals surface area contributed by atoms with Crippen LogP contribution in [0.4, 0.5) is 0 Å². The van der Waals surface area contributed by atoms with Gasteiger partial charge in [0.15, 0.2) is 5.82 Å². The van der Waals surface area contributed by atoms with Crippen molar-refractivity contribution >= 4 is 5.91 Å². The number of rotatable bonds is 8. The first-order chi connectivity index (χ1) is 11.7. The Morgan fingerprint density at radius 3 is 2.75 bits per heavy atom. The van der Waals surface area contributed by atoms with E-state index in [2.05, 4.69) is 10.1 Å². The predicted octanol–water partition coefficient (Wildman–Crippen LogP) is 1.91. The smallest absolute Gasteiger partial charge is 0.252 e. The molecule has 0 unspecified atom stereocenters. The molecule has 24 heavy (non-hydrogen) atoms. The summed E-state index contributed by atoms with van der Waals surface area (Å²) in [6.45, 7) is 4.44. The number of piperidine rings is 1. The first-order valence-corrected chi connectivity index (χ1v) is 8.84. The second-order valence-corrected chi connectivity index (χ2v) is 6.89. The summed E-state index contributed by atoms with van der Waals surface area (Å²) in [7, 11) is 1.62. The lowest BCUT2D eigenvalue weighted by molar-refractivity contribution is -0.137. The van der Waals surface area contributed by atoms with E-state index < -0.39 is 0 Å². The molecule has 1 aliphatic heterocycles. The van der Waals surface area contributed by atoms with E-state index in [1.807, 2.05) is 11.8 Å². The summed E-state index contributed by atoms with van der Waals surface area (Å²) >= 11 is 0. The van der Waals surface area contributed by atoms with Crippen molar-refractivity contribution in [2.24, 2.45) is 5.92 Å². The van der Waals surface area contributed by atoms with Crippen molar-refractivity contribution < 1.29 is 18.8 Å². The minimum Gasteiger partial charge on any atom is -0.375 e. The fourth-order valence-corrected chi connectivity index (χ4v) is 3.51. The summed E-state index contributed by atoms with van der Waals surface area (Å²) in [5.74, 6) is 2.15. The van der Waals surface area contributed by atoms with Crippen LogP contribution in [0, 0.1) is 5.92 Å². The van der Waals surface area contributed by atoms with E-state index in [1.165, 1.54) is 12.8 Å². The maximum absolute atomic E-state index is 12.2. The molecule has 1 saturated carbocycles. The second kappa shape index (κ2) is 7.61. The molecule has 0 N–H and O–H groups in total. The molecule has 1 aliphatic carbocycles. The van der Waals surface area contributed by atoms with Gasteiger partial charge in [-0.2, -0.15) is 4.98 Å². The number of methoxy groups -OCH3 is 1. The molecule has 134 valence electrons. The van der Waals surface area contributed by atoms with Crippen molar-refractivity contribution in [3.05, 3.63) is 11.7 Å². The summed E-state index contributed by atoms with van der Waals surface area (Å²) in [5.41, 5.74) is -0.0704. The summed E-state index contributed by atoms with van der Waals surface area (Å²) in [6, 6.07) is 0. The van der Waals surface area contributed by atoms with Gasteiger partial charge >= 0.3 is 0 Å². The average molecular weight is 337 g/mol. The maximum Gasteiger partial charge on any atom is 0.252 e. The first-order valence-electron chi connectivity index (χ1n) is 8.84. The highest BCUT2D eigenvalue weighted by molar-refractivity contribution is 5.77. The molecular formula is C17H27N3O4.